The Morgan fingerprint density at radius 3 is 2.96 bits per heavy atom. The number of allylic oxidation sites excluding steroid dienone is 4. The lowest BCUT2D eigenvalue weighted by Gasteiger charge is -2.32. The molecule has 1 heterocycles. The van der Waals surface area contributed by atoms with Crippen molar-refractivity contribution < 1.29 is 14.3 Å². The van der Waals surface area contributed by atoms with Gasteiger partial charge >= 0.3 is 0 Å². The van der Waals surface area contributed by atoms with Crippen LogP contribution in [0.2, 0.25) is 0 Å². The molecule has 1 aliphatic carbocycles. The Kier molecular flexibility index (Phi) is 4.15. The number of hydrogen-bond donors (Lipinski definition) is 1. The van der Waals surface area contributed by atoms with Crippen LogP contribution in [0.25, 0.3) is 5.57 Å². The van der Waals surface area contributed by atoms with Gasteiger partial charge in [0.25, 0.3) is 0 Å². The minimum Gasteiger partial charge on any atom is -0.381 e. The number of carbonyl (C=O) groups excluding carboxylic acids is 1. The number of fused-ring (bicyclic) bond motifs is 1. The van der Waals surface area contributed by atoms with Gasteiger partial charge in [-0.05, 0) is 34.9 Å². The molecule has 1 N–H and O–H groups in total. The summed E-state index contributed by atoms with van der Waals surface area (Å²) in [5.41, 5.74) is 2.67. The minimum absolute atomic E-state index is 0.0676. The van der Waals surface area contributed by atoms with Gasteiger partial charge < -0.3 is 10.0 Å². The zero-order valence-corrected chi connectivity index (χ0v) is 12.9. The van der Waals surface area contributed by atoms with Crippen LogP contribution >= 0.6 is 0 Å². The molecule has 5 heteroatoms. The number of nitriles is 1. The molecular formula is C19H15FN2O2. The highest BCUT2D eigenvalue weighted by atomic mass is 19.1. The van der Waals surface area contributed by atoms with Crippen molar-refractivity contribution >= 4 is 11.4 Å². The number of ketones is 1. The summed E-state index contributed by atoms with van der Waals surface area (Å²) < 4.78 is 13.7. The largest absolute Gasteiger partial charge is 0.381 e. The highest BCUT2D eigenvalue weighted by molar-refractivity contribution is 5.97. The second kappa shape index (κ2) is 6.26. The van der Waals surface area contributed by atoms with Crippen LogP contribution in [0.4, 0.5) is 4.39 Å². The van der Waals surface area contributed by atoms with Crippen LogP contribution in [0.3, 0.4) is 0 Å². The first kappa shape index (κ1) is 15.9. The summed E-state index contributed by atoms with van der Waals surface area (Å²) in [5.74, 6) is -0.723. The first-order chi connectivity index (χ1) is 11.5. The van der Waals surface area contributed by atoms with Gasteiger partial charge in [-0.1, -0.05) is 18.2 Å². The van der Waals surface area contributed by atoms with Gasteiger partial charge in [-0.2, -0.15) is 5.26 Å². The fourth-order valence-electron chi connectivity index (χ4n) is 2.97. The molecule has 1 aliphatic heterocycles. The van der Waals surface area contributed by atoms with Crippen LogP contribution in [-0.2, 0) is 4.79 Å². The van der Waals surface area contributed by atoms with E-state index in [-0.39, 0.29) is 12.2 Å². The van der Waals surface area contributed by atoms with E-state index in [1.165, 1.54) is 18.2 Å². The molecule has 2 aliphatic rings. The summed E-state index contributed by atoms with van der Waals surface area (Å²) in [5, 5.41) is 19.5. The molecular weight excluding hydrogens is 307 g/mol. The zero-order chi connectivity index (χ0) is 17.3. The SMILES string of the molecule is C=CCN1C=C2CC(=O)C(O)C=C2C(c2cccc(F)c2)=C1C#N. The maximum atomic E-state index is 13.7. The molecule has 4 nitrogen and oxygen atoms in total. The van der Waals surface area contributed by atoms with E-state index in [1.807, 2.05) is 0 Å². The maximum Gasteiger partial charge on any atom is 0.169 e. The van der Waals surface area contributed by atoms with Crippen molar-refractivity contribution in [2.75, 3.05) is 6.54 Å². The maximum absolute atomic E-state index is 13.7. The first-order valence-corrected chi connectivity index (χ1v) is 7.47. The molecule has 0 radical (unpaired) electrons. The van der Waals surface area contributed by atoms with Crippen molar-refractivity contribution in [3.63, 3.8) is 0 Å². The number of hydrogen-bond acceptors (Lipinski definition) is 4. The average molecular weight is 322 g/mol. The van der Waals surface area contributed by atoms with E-state index in [1.54, 1.807) is 29.3 Å². The highest BCUT2D eigenvalue weighted by Gasteiger charge is 2.32. The summed E-state index contributed by atoms with van der Waals surface area (Å²) >= 11 is 0. The number of aliphatic hydroxyl groups excluding tert-OH is 1. The molecule has 1 aromatic carbocycles. The monoisotopic (exact) mass is 322 g/mol. The average Bonchev–Trinajstić information content (AvgIpc) is 2.55. The summed E-state index contributed by atoms with van der Waals surface area (Å²) in [6.45, 7) is 4.07. The Morgan fingerprint density at radius 2 is 2.29 bits per heavy atom. The van der Waals surface area contributed by atoms with Crippen LogP contribution in [0.1, 0.15) is 12.0 Å². The lowest BCUT2D eigenvalue weighted by Crippen LogP contribution is -2.29. The molecule has 0 amide bonds. The predicted molar refractivity (Wildman–Crippen MR) is 87.6 cm³/mol. The number of halogens is 1. The van der Waals surface area contributed by atoms with E-state index in [0.717, 1.165) is 0 Å². The Hall–Kier alpha value is -2.97. The third-order valence-corrected chi connectivity index (χ3v) is 4.02. The molecule has 0 saturated carbocycles. The molecule has 1 aromatic rings. The number of aliphatic hydroxyl groups is 1. The van der Waals surface area contributed by atoms with E-state index >= 15 is 0 Å². The molecule has 3 rings (SSSR count). The van der Waals surface area contributed by atoms with Crippen molar-refractivity contribution in [3.8, 4) is 6.07 Å². The van der Waals surface area contributed by atoms with E-state index in [2.05, 4.69) is 12.6 Å². The van der Waals surface area contributed by atoms with Gasteiger partial charge in [-0.15, -0.1) is 6.58 Å². The Morgan fingerprint density at radius 1 is 1.50 bits per heavy atom. The lowest BCUT2D eigenvalue weighted by molar-refractivity contribution is -0.124. The summed E-state index contributed by atoms with van der Waals surface area (Å²) in [7, 11) is 0. The lowest BCUT2D eigenvalue weighted by atomic mass is 9.81. The molecule has 0 spiro atoms. The second-order valence-electron chi connectivity index (χ2n) is 5.61. The van der Waals surface area contributed by atoms with Gasteiger partial charge in [0.2, 0.25) is 0 Å². The molecule has 0 saturated heterocycles. The van der Waals surface area contributed by atoms with Gasteiger partial charge in [-0.3, -0.25) is 4.79 Å². The van der Waals surface area contributed by atoms with Crippen LogP contribution in [0, 0.1) is 17.1 Å². The molecule has 24 heavy (non-hydrogen) atoms. The van der Waals surface area contributed by atoms with Gasteiger partial charge in [0.05, 0.1) is 0 Å². The molecule has 0 bridgehead atoms. The quantitative estimate of drug-likeness (QED) is 0.869. The van der Waals surface area contributed by atoms with E-state index in [9.17, 15) is 19.6 Å². The van der Waals surface area contributed by atoms with Crippen LogP contribution in [0.15, 0.2) is 66.0 Å². The standard InChI is InChI=1S/C19H15FN2O2/c1-2-6-22-11-13-8-17(23)18(24)9-15(13)19(16(22)10-21)12-4-3-5-14(20)7-12/h2-5,7,9,11,18,24H,1,6,8H2. The van der Waals surface area contributed by atoms with Crippen molar-refractivity contribution in [2.45, 2.75) is 12.5 Å². The van der Waals surface area contributed by atoms with Gasteiger partial charge in [0.15, 0.2) is 5.78 Å². The third-order valence-electron chi connectivity index (χ3n) is 4.02. The summed E-state index contributed by atoms with van der Waals surface area (Å²) in [4.78, 5) is 13.5. The third kappa shape index (κ3) is 2.68. The van der Waals surface area contributed by atoms with Gasteiger partial charge in [0.1, 0.15) is 23.7 Å². The zero-order valence-electron chi connectivity index (χ0n) is 12.9. The molecule has 0 fully saturated rings. The first-order valence-electron chi connectivity index (χ1n) is 7.47. The Bertz CT molecular complexity index is 858. The highest BCUT2D eigenvalue weighted by Crippen LogP contribution is 2.40. The number of nitrogens with zero attached hydrogens (tertiary/aromatic N) is 2. The van der Waals surface area contributed by atoms with Crippen molar-refractivity contribution in [1.82, 2.24) is 4.90 Å². The molecule has 0 aromatic heterocycles. The number of rotatable bonds is 3. The number of Topliss-reactive ketones (excluding diaryl/α,β-unsaturated/α-hetero) is 1. The normalized spacial score (nSPS) is 20.1. The Labute approximate surface area is 139 Å². The Balaban J connectivity index is 2.26. The van der Waals surface area contributed by atoms with Crippen molar-refractivity contribution in [2.24, 2.45) is 0 Å². The predicted octanol–water partition coefficient (Wildman–Crippen LogP) is 2.71. The van der Waals surface area contributed by atoms with E-state index < -0.39 is 11.9 Å². The van der Waals surface area contributed by atoms with E-state index in [4.69, 9.17) is 0 Å². The fourth-order valence-corrected chi connectivity index (χ4v) is 2.97. The van der Waals surface area contributed by atoms with Crippen LogP contribution in [0.5, 0.6) is 0 Å². The van der Waals surface area contributed by atoms with Crippen LogP contribution in [-0.4, -0.2) is 28.4 Å². The molecule has 120 valence electrons. The van der Waals surface area contributed by atoms with Gasteiger partial charge in [0, 0.05) is 24.7 Å². The fraction of sp³-hybridized carbons (Fsp3) is 0.158. The molecule has 1 unspecified atom stereocenters. The van der Waals surface area contributed by atoms with Crippen molar-refractivity contribution in [1.29, 1.82) is 5.26 Å². The second-order valence-corrected chi connectivity index (χ2v) is 5.61. The van der Waals surface area contributed by atoms with E-state index in [0.29, 0.717) is 34.5 Å². The minimum atomic E-state index is -1.22. The molecule has 1 atom stereocenters. The topological polar surface area (TPSA) is 64.3 Å². The van der Waals surface area contributed by atoms with Crippen molar-refractivity contribution in [3.05, 3.63) is 77.4 Å². The number of carbonyl (C=O) groups is 1. The summed E-state index contributed by atoms with van der Waals surface area (Å²) in [6, 6.07) is 8.08. The van der Waals surface area contributed by atoms with Gasteiger partial charge in [-0.25, -0.2) is 4.39 Å². The smallest absolute Gasteiger partial charge is 0.169 e. The van der Waals surface area contributed by atoms with Crippen LogP contribution < -0.4 is 0 Å². The summed E-state index contributed by atoms with van der Waals surface area (Å²) in [6.07, 6.45) is 3.65. The number of benzene rings is 1.